The van der Waals surface area contributed by atoms with E-state index in [1.165, 1.54) is 4.31 Å². The fourth-order valence-electron chi connectivity index (χ4n) is 3.52. The molecule has 2 unspecified atom stereocenters. The first kappa shape index (κ1) is 25.1. The molecule has 0 radical (unpaired) electrons. The Kier molecular flexibility index (Phi) is 7.75. The third-order valence-corrected chi connectivity index (χ3v) is 6.39. The Bertz CT molecular complexity index is 1210. The minimum absolute atomic E-state index is 0. The van der Waals surface area contributed by atoms with Crippen LogP contribution in [0, 0.1) is 0 Å². The number of ether oxygens (including phenoxy) is 2. The number of nitrogens with zero attached hydrogens (tertiary/aromatic N) is 5. The number of nitrogens with two attached hydrogens (primary N) is 1. The van der Waals surface area contributed by atoms with Crippen LogP contribution in [0.3, 0.4) is 0 Å². The van der Waals surface area contributed by atoms with E-state index >= 15 is 0 Å². The molecule has 0 amide bonds. The number of hydrogen-bond acceptors (Lipinski definition) is 8. The Morgan fingerprint density at radius 1 is 1.21 bits per heavy atom. The second-order valence-electron chi connectivity index (χ2n) is 7.81. The maximum atomic E-state index is 11.7. The summed E-state index contributed by atoms with van der Waals surface area (Å²) in [4.78, 5) is 15.5. The van der Waals surface area contributed by atoms with E-state index in [0.29, 0.717) is 22.6 Å². The van der Waals surface area contributed by atoms with Gasteiger partial charge in [-0.3, -0.25) is 4.98 Å². The smallest absolute Gasteiger partial charge is 0.277 e. The van der Waals surface area contributed by atoms with Crippen molar-refractivity contribution >= 4 is 40.4 Å². The standard InChI is InChI=1S/C21H26N6O4S.H2S/c1-14(19-13-27(10-11-30-19)32(22,28)29)31-21-20-18(23-8-9-24-20)12-17(25-21)15-4-6-16(7-5-15)26(2)3;/h4-9,12,14,19H,10-11,13H2,1-3H3,(H2,22,28,29);1H2. The van der Waals surface area contributed by atoms with E-state index in [1.807, 2.05) is 49.3 Å². The summed E-state index contributed by atoms with van der Waals surface area (Å²) >= 11 is 0. The number of pyridine rings is 1. The van der Waals surface area contributed by atoms with Gasteiger partial charge in [0.1, 0.15) is 12.2 Å². The van der Waals surface area contributed by atoms with Gasteiger partial charge >= 0.3 is 0 Å². The highest BCUT2D eigenvalue weighted by Crippen LogP contribution is 2.29. The van der Waals surface area contributed by atoms with E-state index in [1.54, 1.807) is 19.3 Å². The molecule has 0 saturated carbocycles. The predicted octanol–water partition coefficient (Wildman–Crippen LogP) is 1.54. The molecule has 178 valence electrons. The maximum Gasteiger partial charge on any atom is 0.277 e. The molecule has 12 heteroatoms. The molecule has 2 aromatic heterocycles. The van der Waals surface area contributed by atoms with Crippen molar-refractivity contribution in [1.29, 1.82) is 0 Å². The van der Waals surface area contributed by atoms with Gasteiger partial charge in [-0.25, -0.2) is 15.1 Å². The fraction of sp³-hybridized carbons (Fsp3) is 0.381. The Morgan fingerprint density at radius 3 is 2.58 bits per heavy atom. The number of rotatable bonds is 6. The monoisotopic (exact) mass is 492 g/mol. The highest BCUT2D eigenvalue weighted by molar-refractivity contribution is 7.86. The van der Waals surface area contributed by atoms with Crippen molar-refractivity contribution in [3.8, 4) is 17.1 Å². The summed E-state index contributed by atoms with van der Waals surface area (Å²) in [6.45, 7) is 2.36. The van der Waals surface area contributed by atoms with Crippen LogP contribution in [0.4, 0.5) is 5.69 Å². The number of hydrogen-bond donors (Lipinski definition) is 1. The van der Waals surface area contributed by atoms with Crippen molar-refractivity contribution in [2.24, 2.45) is 5.14 Å². The Morgan fingerprint density at radius 2 is 1.91 bits per heavy atom. The first-order chi connectivity index (χ1) is 15.2. The highest BCUT2D eigenvalue weighted by Gasteiger charge is 2.32. The molecule has 3 aromatic rings. The highest BCUT2D eigenvalue weighted by atomic mass is 32.2. The normalized spacial score (nSPS) is 17.9. The topological polar surface area (TPSA) is 124 Å². The van der Waals surface area contributed by atoms with Gasteiger partial charge in [0.25, 0.3) is 10.2 Å². The Labute approximate surface area is 200 Å². The van der Waals surface area contributed by atoms with Gasteiger partial charge in [0.05, 0.1) is 17.8 Å². The largest absolute Gasteiger partial charge is 0.470 e. The maximum absolute atomic E-state index is 11.7. The van der Waals surface area contributed by atoms with E-state index in [2.05, 4.69) is 9.97 Å². The Balaban J connectivity index is 0.00000306. The molecule has 1 aromatic carbocycles. The Hall–Kier alpha value is -2.51. The first-order valence-corrected chi connectivity index (χ1v) is 11.7. The zero-order valence-corrected chi connectivity index (χ0v) is 20.5. The number of anilines is 1. The predicted molar refractivity (Wildman–Crippen MR) is 132 cm³/mol. The fourth-order valence-corrected chi connectivity index (χ4v) is 4.21. The lowest BCUT2D eigenvalue weighted by molar-refractivity contribution is -0.0567. The van der Waals surface area contributed by atoms with E-state index in [0.717, 1.165) is 11.3 Å². The van der Waals surface area contributed by atoms with Crippen molar-refractivity contribution in [2.45, 2.75) is 19.1 Å². The van der Waals surface area contributed by atoms with E-state index in [4.69, 9.17) is 19.6 Å². The summed E-state index contributed by atoms with van der Waals surface area (Å²) in [7, 11) is 0.169. The zero-order chi connectivity index (χ0) is 22.9. The summed E-state index contributed by atoms with van der Waals surface area (Å²) in [6, 6.07) is 9.87. The summed E-state index contributed by atoms with van der Waals surface area (Å²) in [6.07, 6.45) is 2.19. The number of morpholine rings is 1. The summed E-state index contributed by atoms with van der Waals surface area (Å²) in [5.41, 5.74) is 3.85. The van der Waals surface area contributed by atoms with Gasteiger partial charge in [-0.2, -0.15) is 26.2 Å². The molecule has 1 aliphatic heterocycles. The lowest BCUT2D eigenvalue weighted by Crippen LogP contribution is -2.52. The second kappa shape index (κ2) is 10.2. The minimum Gasteiger partial charge on any atom is -0.470 e. The second-order valence-corrected chi connectivity index (χ2v) is 9.36. The van der Waals surface area contributed by atoms with Crippen LogP contribution in [0.1, 0.15) is 6.92 Å². The number of fused-ring (bicyclic) bond motifs is 1. The molecular formula is C21H28N6O4S2. The van der Waals surface area contributed by atoms with Gasteiger partial charge in [0, 0.05) is 50.8 Å². The quantitative estimate of drug-likeness (QED) is 0.550. The molecule has 2 N–H and O–H groups in total. The van der Waals surface area contributed by atoms with Crippen LogP contribution in [-0.4, -0.2) is 73.7 Å². The van der Waals surface area contributed by atoms with Gasteiger partial charge in [-0.1, -0.05) is 12.1 Å². The van der Waals surface area contributed by atoms with Gasteiger partial charge < -0.3 is 14.4 Å². The third-order valence-electron chi connectivity index (χ3n) is 5.34. The molecule has 4 rings (SSSR count). The lowest BCUT2D eigenvalue weighted by atomic mass is 10.1. The molecule has 1 aliphatic rings. The lowest BCUT2D eigenvalue weighted by Gasteiger charge is -2.33. The average molecular weight is 493 g/mol. The van der Waals surface area contributed by atoms with Crippen molar-refractivity contribution in [3.05, 3.63) is 42.7 Å². The van der Waals surface area contributed by atoms with Crippen molar-refractivity contribution in [2.75, 3.05) is 38.7 Å². The molecule has 0 bridgehead atoms. The molecular weight excluding hydrogens is 464 g/mol. The van der Waals surface area contributed by atoms with Crippen LogP contribution >= 0.6 is 13.5 Å². The van der Waals surface area contributed by atoms with Crippen LogP contribution < -0.4 is 14.8 Å². The first-order valence-electron chi connectivity index (χ1n) is 10.2. The molecule has 2 atom stereocenters. The van der Waals surface area contributed by atoms with Gasteiger partial charge in [-0.05, 0) is 25.1 Å². The van der Waals surface area contributed by atoms with Crippen LogP contribution in [0.25, 0.3) is 22.3 Å². The van der Waals surface area contributed by atoms with Crippen LogP contribution in [0.15, 0.2) is 42.7 Å². The average Bonchev–Trinajstić information content (AvgIpc) is 2.78. The van der Waals surface area contributed by atoms with Gasteiger partial charge in [0.2, 0.25) is 5.88 Å². The van der Waals surface area contributed by atoms with E-state index < -0.39 is 22.4 Å². The van der Waals surface area contributed by atoms with Crippen molar-refractivity contribution in [3.63, 3.8) is 0 Å². The summed E-state index contributed by atoms with van der Waals surface area (Å²) in [5.74, 6) is 0.311. The molecule has 0 spiro atoms. The molecule has 1 fully saturated rings. The van der Waals surface area contributed by atoms with Gasteiger partial charge in [-0.15, -0.1) is 0 Å². The SMILES string of the molecule is CC(Oc1nc(-c2ccc(N(C)C)cc2)cc2nccnc12)C1CN(S(N)(=O)=O)CCO1.S. The number of benzene rings is 1. The van der Waals surface area contributed by atoms with Crippen molar-refractivity contribution in [1.82, 2.24) is 19.3 Å². The van der Waals surface area contributed by atoms with Crippen LogP contribution in [0.5, 0.6) is 5.88 Å². The van der Waals surface area contributed by atoms with Crippen LogP contribution in [0.2, 0.25) is 0 Å². The van der Waals surface area contributed by atoms with Gasteiger partial charge in [0.15, 0.2) is 5.52 Å². The van der Waals surface area contributed by atoms with Crippen LogP contribution in [-0.2, 0) is 14.9 Å². The molecule has 0 aliphatic carbocycles. The van der Waals surface area contributed by atoms with Crippen molar-refractivity contribution < 1.29 is 17.9 Å². The summed E-state index contributed by atoms with van der Waals surface area (Å²) in [5, 5.41) is 5.28. The third kappa shape index (κ3) is 5.71. The zero-order valence-electron chi connectivity index (χ0n) is 18.7. The molecule has 3 heterocycles. The van der Waals surface area contributed by atoms with E-state index in [-0.39, 0.29) is 33.2 Å². The van der Waals surface area contributed by atoms with E-state index in [9.17, 15) is 8.42 Å². The molecule has 33 heavy (non-hydrogen) atoms. The minimum atomic E-state index is -3.80. The molecule has 1 saturated heterocycles. The molecule has 10 nitrogen and oxygen atoms in total. The number of aromatic nitrogens is 3. The summed E-state index contributed by atoms with van der Waals surface area (Å²) < 4.78 is 36.5.